The fraction of sp³-hybridized carbons (Fsp3) is 0. The van der Waals surface area contributed by atoms with E-state index in [1.807, 2.05) is 23.5 Å². The zero-order chi connectivity index (χ0) is 36.3. The maximum absolute atomic E-state index is 6.41. The number of rotatable bonds is 6. The maximum Gasteiger partial charge on any atom is 0.136 e. The fourth-order valence-corrected chi connectivity index (χ4v) is 9.53. The topological polar surface area (TPSA) is 16.4 Å². The first-order valence-corrected chi connectivity index (χ1v) is 19.5. The summed E-state index contributed by atoms with van der Waals surface area (Å²) in [6.07, 6.45) is 0. The second-order valence-electron chi connectivity index (χ2n) is 14.0. The predicted octanol–water partition coefficient (Wildman–Crippen LogP) is 15.6. The van der Waals surface area contributed by atoms with Crippen LogP contribution in [0.4, 0.5) is 17.1 Å². The molecule has 11 aromatic rings. The minimum absolute atomic E-state index is 0.887. The minimum atomic E-state index is 0.887. The van der Waals surface area contributed by atoms with Gasteiger partial charge in [0.1, 0.15) is 11.2 Å². The van der Waals surface area contributed by atoms with Crippen LogP contribution in [0.1, 0.15) is 0 Å². The smallest absolute Gasteiger partial charge is 0.136 e. The lowest BCUT2D eigenvalue weighted by atomic mass is 9.91. The third-order valence-corrected chi connectivity index (χ3v) is 12.0. The van der Waals surface area contributed by atoms with Crippen LogP contribution >= 0.6 is 11.3 Å². The van der Waals surface area contributed by atoms with Crippen molar-refractivity contribution in [3.8, 4) is 33.4 Å². The molecule has 0 bridgehead atoms. The number of thiophene rings is 1. The molecule has 2 heterocycles. The van der Waals surface area contributed by atoms with Gasteiger partial charge in [0.2, 0.25) is 0 Å². The molecule has 0 fully saturated rings. The van der Waals surface area contributed by atoms with Crippen LogP contribution in [0.15, 0.2) is 205 Å². The molecule has 0 aliphatic rings. The molecule has 9 aromatic carbocycles. The Kier molecular flexibility index (Phi) is 7.39. The molecule has 0 aliphatic heterocycles. The van der Waals surface area contributed by atoms with Crippen LogP contribution in [0, 0.1) is 0 Å². The first-order chi connectivity index (χ1) is 27.3. The lowest BCUT2D eigenvalue weighted by molar-refractivity contribution is 0.669. The molecule has 2 nitrogen and oxygen atoms in total. The Balaban J connectivity index is 1.15. The average Bonchev–Trinajstić information content (AvgIpc) is 3.82. The molecule has 0 saturated carbocycles. The van der Waals surface area contributed by atoms with Crippen molar-refractivity contribution in [1.82, 2.24) is 0 Å². The molecule has 3 heteroatoms. The normalized spacial score (nSPS) is 11.6. The zero-order valence-corrected chi connectivity index (χ0v) is 30.6. The SMILES string of the molecule is c1cc(-c2ccccc2-c2cccc3ccccc23)cc(N(c2ccccc2-c2ccc3c(c2)oc2ccccc23)c2cccc3sc4ccccc4c23)c1. The summed E-state index contributed by atoms with van der Waals surface area (Å²) < 4.78 is 8.96. The number of fused-ring (bicyclic) bond motifs is 7. The molecule has 0 unspecified atom stereocenters. The molecule has 2 aromatic heterocycles. The van der Waals surface area contributed by atoms with E-state index in [1.165, 1.54) is 47.6 Å². The number of anilines is 3. The van der Waals surface area contributed by atoms with Crippen molar-refractivity contribution in [1.29, 1.82) is 0 Å². The molecule has 0 N–H and O–H groups in total. The highest BCUT2D eigenvalue weighted by molar-refractivity contribution is 7.26. The average molecular weight is 720 g/mol. The molecule has 55 heavy (non-hydrogen) atoms. The van der Waals surface area contributed by atoms with E-state index in [9.17, 15) is 0 Å². The van der Waals surface area contributed by atoms with Crippen molar-refractivity contribution >= 4 is 81.3 Å². The van der Waals surface area contributed by atoms with E-state index in [1.54, 1.807) is 0 Å². The van der Waals surface area contributed by atoms with Gasteiger partial charge in [-0.15, -0.1) is 11.3 Å². The van der Waals surface area contributed by atoms with Crippen molar-refractivity contribution in [3.05, 3.63) is 200 Å². The molecule has 0 saturated heterocycles. The Morgan fingerprint density at radius 1 is 0.364 bits per heavy atom. The Morgan fingerprint density at radius 2 is 0.982 bits per heavy atom. The van der Waals surface area contributed by atoms with E-state index in [-0.39, 0.29) is 0 Å². The number of hydrogen-bond acceptors (Lipinski definition) is 3. The summed E-state index contributed by atoms with van der Waals surface area (Å²) in [6.45, 7) is 0. The van der Waals surface area contributed by atoms with E-state index < -0.39 is 0 Å². The monoisotopic (exact) mass is 719 g/mol. The molecular formula is C52H33NOS. The number of furan rings is 1. The van der Waals surface area contributed by atoms with E-state index >= 15 is 0 Å². The quantitative estimate of drug-likeness (QED) is 0.170. The minimum Gasteiger partial charge on any atom is -0.456 e. The van der Waals surface area contributed by atoms with Crippen LogP contribution in [0.25, 0.3) is 86.3 Å². The van der Waals surface area contributed by atoms with Gasteiger partial charge in [-0.05, 0) is 93.2 Å². The van der Waals surface area contributed by atoms with Gasteiger partial charge in [-0.2, -0.15) is 0 Å². The van der Waals surface area contributed by atoms with Crippen LogP contribution in [0.3, 0.4) is 0 Å². The number of nitrogens with zero attached hydrogens (tertiary/aromatic N) is 1. The highest BCUT2D eigenvalue weighted by Crippen LogP contribution is 2.48. The van der Waals surface area contributed by atoms with Crippen molar-refractivity contribution in [3.63, 3.8) is 0 Å². The zero-order valence-electron chi connectivity index (χ0n) is 29.8. The van der Waals surface area contributed by atoms with E-state index in [4.69, 9.17) is 4.42 Å². The number of para-hydroxylation sites is 2. The Labute approximate surface area is 322 Å². The van der Waals surface area contributed by atoms with Gasteiger partial charge >= 0.3 is 0 Å². The van der Waals surface area contributed by atoms with Gasteiger partial charge in [0, 0.05) is 42.2 Å². The van der Waals surface area contributed by atoms with E-state index in [0.717, 1.165) is 55.7 Å². The summed E-state index contributed by atoms with van der Waals surface area (Å²) in [7, 11) is 0. The summed E-state index contributed by atoms with van der Waals surface area (Å²) in [5, 5.41) is 7.27. The summed E-state index contributed by atoms with van der Waals surface area (Å²) in [6, 6.07) is 72.3. The first kappa shape index (κ1) is 31.6. The van der Waals surface area contributed by atoms with Crippen LogP contribution in [-0.4, -0.2) is 0 Å². The van der Waals surface area contributed by atoms with Crippen molar-refractivity contribution in [2.75, 3.05) is 4.90 Å². The maximum atomic E-state index is 6.41. The highest BCUT2D eigenvalue weighted by Gasteiger charge is 2.22. The van der Waals surface area contributed by atoms with Crippen molar-refractivity contribution < 1.29 is 4.42 Å². The lowest BCUT2D eigenvalue weighted by Gasteiger charge is -2.29. The molecule has 0 aliphatic carbocycles. The van der Waals surface area contributed by atoms with Gasteiger partial charge in [0.05, 0.1) is 11.4 Å². The molecular weight excluding hydrogens is 687 g/mol. The molecule has 0 spiro atoms. The van der Waals surface area contributed by atoms with Gasteiger partial charge in [-0.25, -0.2) is 0 Å². The van der Waals surface area contributed by atoms with Gasteiger partial charge < -0.3 is 9.32 Å². The van der Waals surface area contributed by atoms with E-state index in [0.29, 0.717) is 0 Å². The van der Waals surface area contributed by atoms with Gasteiger partial charge in [0.25, 0.3) is 0 Å². The van der Waals surface area contributed by atoms with Crippen LogP contribution in [0.2, 0.25) is 0 Å². The lowest BCUT2D eigenvalue weighted by Crippen LogP contribution is -2.11. The number of benzene rings is 9. The summed E-state index contributed by atoms with van der Waals surface area (Å²) in [5.74, 6) is 0. The molecule has 0 atom stereocenters. The van der Waals surface area contributed by atoms with Crippen LogP contribution in [0.5, 0.6) is 0 Å². The van der Waals surface area contributed by atoms with Crippen LogP contribution < -0.4 is 4.90 Å². The third-order valence-electron chi connectivity index (χ3n) is 10.9. The summed E-state index contributed by atoms with van der Waals surface area (Å²) in [4.78, 5) is 2.46. The summed E-state index contributed by atoms with van der Waals surface area (Å²) in [5.41, 5.74) is 12.2. The predicted molar refractivity (Wildman–Crippen MR) is 235 cm³/mol. The first-order valence-electron chi connectivity index (χ1n) is 18.7. The molecule has 258 valence electrons. The third kappa shape index (κ3) is 5.24. The largest absolute Gasteiger partial charge is 0.456 e. The van der Waals surface area contributed by atoms with Gasteiger partial charge in [-0.3, -0.25) is 0 Å². The molecule has 0 amide bonds. The van der Waals surface area contributed by atoms with E-state index in [2.05, 4.69) is 193 Å². The second kappa shape index (κ2) is 12.9. The van der Waals surface area contributed by atoms with Gasteiger partial charge in [-0.1, -0.05) is 146 Å². The Bertz CT molecular complexity index is 3240. The van der Waals surface area contributed by atoms with Gasteiger partial charge in [0.15, 0.2) is 0 Å². The standard InChI is InChI=1S/C52H33NOS/c1-2-18-38-34(14-1)15-12-24-42(38)41-21-4-3-19-39(41)35-16-11-17-37(32-35)53(47-26-13-29-51-52(47)45-23-7-10-28-50(45)55-51)46-25-8-5-20-40(46)36-30-31-44-43-22-6-9-27-48(43)54-49(44)33-36/h1-33H. The Hall–Kier alpha value is -6.94. The number of hydrogen-bond donors (Lipinski definition) is 0. The van der Waals surface area contributed by atoms with Crippen LogP contribution in [-0.2, 0) is 0 Å². The van der Waals surface area contributed by atoms with Crippen molar-refractivity contribution in [2.45, 2.75) is 0 Å². The Morgan fingerprint density at radius 3 is 1.91 bits per heavy atom. The van der Waals surface area contributed by atoms with Crippen molar-refractivity contribution in [2.24, 2.45) is 0 Å². The fourth-order valence-electron chi connectivity index (χ4n) is 8.40. The highest BCUT2D eigenvalue weighted by atomic mass is 32.1. The second-order valence-corrected chi connectivity index (χ2v) is 15.1. The molecule has 0 radical (unpaired) electrons. The summed E-state index contributed by atoms with van der Waals surface area (Å²) >= 11 is 1.85. The molecule has 11 rings (SSSR count).